The van der Waals surface area contributed by atoms with Crippen molar-refractivity contribution in [2.45, 2.75) is 58.1 Å². The summed E-state index contributed by atoms with van der Waals surface area (Å²) in [5.74, 6) is 1.27. The quantitative estimate of drug-likeness (QED) is 0.722. The third kappa shape index (κ3) is 2.76. The number of aliphatic hydroxyl groups excluding tert-OH is 1. The van der Waals surface area contributed by atoms with Crippen LogP contribution in [-0.2, 0) is 4.79 Å². The largest absolute Gasteiger partial charge is 0.393 e. The molecule has 5 rings (SSSR count). The van der Waals surface area contributed by atoms with Gasteiger partial charge < -0.3 is 10.0 Å². The molecule has 1 N–H and O–H groups in total. The molecule has 0 radical (unpaired) electrons. The summed E-state index contributed by atoms with van der Waals surface area (Å²) in [5.41, 5.74) is 1.93. The summed E-state index contributed by atoms with van der Waals surface area (Å²) in [5, 5.41) is 10.8. The Hall–Kier alpha value is -1.94. The molecule has 4 heteroatoms. The summed E-state index contributed by atoms with van der Waals surface area (Å²) in [4.78, 5) is 14.5. The van der Waals surface area contributed by atoms with Crippen molar-refractivity contribution in [3.05, 3.63) is 53.4 Å². The monoisotopic (exact) mass is 409 g/mol. The van der Waals surface area contributed by atoms with Gasteiger partial charge in [-0.2, -0.15) is 0 Å². The van der Waals surface area contributed by atoms with Gasteiger partial charge in [0, 0.05) is 12.5 Å². The van der Waals surface area contributed by atoms with E-state index >= 15 is 0 Å². The number of amides is 1. The number of benzene rings is 1. The molecule has 0 aromatic heterocycles. The number of hydrogen-bond donors (Lipinski definition) is 1. The molecular formula is C26H32FNO2. The van der Waals surface area contributed by atoms with Gasteiger partial charge in [-0.25, -0.2) is 4.39 Å². The first-order valence-corrected chi connectivity index (χ1v) is 11.3. The Morgan fingerprint density at radius 2 is 2.00 bits per heavy atom. The van der Waals surface area contributed by atoms with Gasteiger partial charge in [-0.05, 0) is 84.6 Å². The second kappa shape index (κ2) is 6.78. The van der Waals surface area contributed by atoms with Crippen LogP contribution in [-0.4, -0.2) is 35.1 Å². The highest BCUT2D eigenvalue weighted by Crippen LogP contribution is 2.64. The van der Waals surface area contributed by atoms with E-state index in [1.165, 1.54) is 11.6 Å². The average Bonchev–Trinajstić information content (AvgIpc) is 3.00. The highest BCUT2D eigenvalue weighted by Gasteiger charge is 2.61. The molecule has 0 bridgehead atoms. The lowest BCUT2D eigenvalue weighted by atomic mass is 9.47. The predicted molar refractivity (Wildman–Crippen MR) is 116 cm³/mol. The van der Waals surface area contributed by atoms with Gasteiger partial charge in [-0.3, -0.25) is 4.79 Å². The normalized spacial score (nSPS) is 44.0. The van der Waals surface area contributed by atoms with Crippen LogP contribution in [0.5, 0.6) is 0 Å². The molecule has 1 aliphatic heterocycles. The lowest BCUT2D eigenvalue weighted by Crippen LogP contribution is -2.60. The van der Waals surface area contributed by atoms with Gasteiger partial charge in [0.15, 0.2) is 0 Å². The zero-order valence-corrected chi connectivity index (χ0v) is 18.1. The van der Waals surface area contributed by atoms with Crippen molar-refractivity contribution in [2.75, 3.05) is 7.05 Å². The average molecular weight is 410 g/mol. The molecule has 1 aromatic carbocycles. The molecule has 1 amide bonds. The Morgan fingerprint density at radius 1 is 1.20 bits per heavy atom. The molecule has 3 fully saturated rings. The first-order valence-electron chi connectivity index (χ1n) is 11.3. The fraction of sp³-hybridized carbons (Fsp3) is 0.577. The van der Waals surface area contributed by atoms with Crippen LogP contribution >= 0.6 is 0 Å². The Kier molecular flexibility index (Phi) is 4.52. The van der Waals surface area contributed by atoms with E-state index in [1.807, 2.05) is 18.0 Å². The van der Waals surface area contributed by atoms with Crippen LogP contribution in [0.1, 0.15) is 51.5 Å². The lowest BCUT2D eigenvalue weighted by Gasteiger charge is -2.60. The van der Waals surface area contributed by atoms with Gasteiger partial charge in [-0.15, -0.1) is 0 Å². The van der Waals surface area contributed by atoms with Gasteiger partial charge in [-0.1, -0.05) is 38.1 Å². The highest BCUT2D eigenvalue weighted by molar-refractivity contribution is 5.89. The minimum Gasteiger partial charge on any atom is -0.393 e. The SMILES string of the molecule is CN1C(=O)C=C[C@]2(C)[C@H]3CC[C@]4(C)[C@@H](O)CC[C@H]4[C@@H]3C/C(=C\c3cccc(F)c3)[C@@H]12. The number of fused-ring (bicyclic) bond motifs is 5. The molecule has 0 spiro atoms. The van der Waals surface area contributed by atoms with Crippen molar-refractivity contribution in [2.24, 2.45) is 28.6 Å². The van der Waals surface area contributed by atoms with E-state index in [4.69, 9.17) is 0 Å². The first-order chi connectivity index (χ1) is 14.2. The molecule has 30 heavy (non-hydrogen) atoms. The number of aliphatic hydroxyl groups is 1. The maximum Gasteiger partial charge on any atom is 0.246 e. The van der Waals surface area contributed by atoms with Crippen LogP contribution in [0.3, 0.4) is 0 Å². The van der Waals surface area contributed by atoms with Crippen molar-refractivity contribution in [3.8, 4) is 0 Å². The fourth-order valence-electron chi connectivity index (χ4n) is 7.63. The maximum atomic E-state index is 13.9. The van der Waals surface area contributed by atoms with E-state index < -0.39 is 0 Å². The van der Waals surface area contributed by atoms with Gasteiger partial charge in [0.05, 0.1) is 12.1 Å². The number of carbonyl (C=O) groups excluding carboxylic acids is 1. The number of hydrogen-bond acceptors (Lipinski definition) is 2. The standard InChI is InChI=1S/C26H32FNO2/c1-25-11-9-21-19(20(25)7-8-22(25)29)15-17(13-16-5-4-6-18(27)14-16)24-26(21,2)12-10-23(30)28(24)3/h4-6,10,12-14,19-22,24,29H,7-9,11,15H2,1-3H3/b17-13+/t19-,20-,21-,22-,24+,25-,26+/m0/s1. The summed E-state index contributed by atoms with van der Waals surface area (Å²) in [6.07, 6.45) is 10.8. The smallest absolute Gasteiger partial charge is 0.246 e. The van der Waals surface area contributed by atoms with Crippen LogP contribution < -0.4 is 0 Å². The highest BCUT2D eigenvalue weighted by atomic mass is 19.1. The predicted octanol–water partition coefficient (Wildman–Crippen LogP) is 4.82. The molecule has 3 saturated carbocycles. The van der Waals surface area contributed by atoms with Gasteiger partial charge in [0.1, 0.15) is 5.82 Å². The zero-order valence-electron chi connectivity index (χ0n) is 18.1. The summed E-state index contributed by atoms with van der Waals surface area (Å²) < 4.78 is 13.9. The Labute approximate surface area is 178 Å². The summed E-state index contributed by atoms with van der Waals surface area (Å²) in [6.45, 7) is 4.59. The summed E-state index contributed by atoms with van der Waals surface area (Å²) >= 11 is 0. The minimum atomic E-state index is -0.238. The minimum absolute atomic E-state index is 0.00444. The van der Waals surface area contributed by atoms with E-state index in [0.29, 0.717) is 17.8 Å². The number of carbonyl (C=O) groups is 1. The number of halogens is 1. The van der Waals surface area contributed by atoms with Crippen LogP contribution in [0.2, 0.25) is 0 Å². The van der Waals surface area contributed by atoms with Crippen molar-refractivity contribution in [3.63, 3.8) is 0 Å². The topological polar surface area (TPSA) is 40.5 Å². The van der Waals surface area contributed by atoms with E-state index in [2.05, 4.69) is 26.0 Å². The molecule has 1 aromatic rings. The van der Waals surface area contributed by atoms with E-state index in [0.717, 1.165) is 37.7 Å². The number of likely N-dealkylation sites (N-methyl/N-ethyl adjacent to an activating group) is 1. The molecule has 4 aliphatic rings. The van der Waals surface area contributed by atoms with Crippen LogP contribution in [0.25, 0.3) is 6.08 Å². The van der Waals surface area contributed by atoms with Gasteiger partial charge in [0.2, 0.25) is 5.91 Å². The fourth-order valence-corrected chi connectivity index (χ4v) is 7.63. The van der Waals surface area contributed by atoms with E-state index in [-0.39, 0.29) is 34.7 Å². The summed E-state index contributed by atoms with van der Waals surface area (Å²) in [6, 6.07) is 6.71. The third-order valence-corrected chi connectivity index (χ3v) is 9.12. The molecular weight excluding hydrogens is 377 g/mol. The van der Waals surface area contributed by atoms with Gasteiger partial charge in [0.25, 0.3) is 0 Å². The van der Waals surface area contributed by atoms with Crippen LogP contribution in [0, 0.1) is 34.4 Å². The number of rotatable bonds is 1. The Balaban J connectivity index is 1.62. The number of nitrogens with zero attached hydrogens (tertiary/aromatic N) is 1. The Bertz CT molecular complexity index is 939. The second-order valence-corrected chi connectivity index (χ2v) is 10.5. The molecule has 160 valence electrons. The maximum absolute atomic E-state index is 13.9. The molecule has 3 nitrogen and oxygen atoms in total. The van der Waals surface area contributed by atoms with Crippen molar-refractivity contribution >= 4 is 12.0 Å². The molecule has 0 unspecified atom stereocenters. The summed E-state index contributed by atoms with van der Waals surface area (Å²) in [7, 11) is 1.90. The molecule has 1 heterocycles. The van der Waals surface area contributed by atoms with Crippen LogP contribution in [0.4, 0.5) is 4.39 Å². The zero-order chi connectivity index (χ0) is 21.3. The van der Waals surface area contributed by atoms with E-state index in [1.54, 1.807) is 18.2 Å². The van der Waals surface area contributed by atoms with E-state index in [9.17, 15) is 14.3 Å². The van der Waals surface area contributed by atoms with Crippen molar-refractivity contribution < 1.29 is 14.3 Å². The third-order valence-electron chi connectivity index (χ3n) is 9.12. The van der Waals surface area contributed by atoms with Crippen molar-refractivity contribution in [1.29, 1.82) is 0 Å². The van der Waals surface area contributed by atoms with Crippen molar-refractivity contribution in [1.82, 2.24) is 4.90 Å². The Morgan fingerprint density at radius 3 is 2.77 bits per heavy atom. The second-order valence-electron chi connectivity index (χ2n) is 10.5. The molecule has 0 saturated heterocycles. The lowest BCUT2D eigenvalue weighted by molar-refractivity contribution is -0.135. The van der Waals surface area contributed by atoms with Gasteiger partial charge >= 0.3 is 0 Å². The first kappa shape index (κ1) is 20.0. The van der Waals surface area contributed by atoms with Crippen LogP contribution in [0.15, 0.2) is 42.0 Å². The molecule has 7 atom stereocenters. The molecule has 3 aliphatic carbocycles.